The zero-order valence-electron chi connectivity index (χ0n) is 6.39. The number of rotatable bonds is 0. The Morgan fingerprint density at radius 2 is 1.92 bits per heavy atom. The van der Waals surface area contributed by atoms with Crippen molar-refractivity contribution in [2.75, 3.05) is 0 Å². The molecule has 1 aromatic carbocycles. The van der Waals surface area contributed by atoms with Crippen molar-refractivity contribution in [2.24, 2.45) is 0 Å². The highest BCUT2D eigenvalue weighted by Crippen LogP contribution is 2.27. The number of fused-ring (bicyclic) bond motifs is 1. The molecule has 0 aliphatic heterocycles. The summed E-state index contributed by atoms with van der Waals surface area (Å²) in [5, 5.41) is 0.899. The van der Waals surface area contributed by atoms with Crippen molar-refractivity contribution < 1.29 is 4.39 Å². The molecule has 0 saturated carbocycles. The Morgan fingerprint density at radius 3 is 2.69 bits per heavy atom. The van der Waals surface area contributed by atoms with Crippen molar-refractivity contribution in [1.29, 1.82) is 0 Å². The molecule has 1 heterocycles. The van der Waals surface area contributed by atoms with E-state index in [0.717, 1.165) is 9.86 Å². The lowest BCUT2D eigenvalue weighted by molar-refractivity contribution is 0.623. The summed E-state index contributed by atoms with van der Waals surface area (Å²) in [7, 11) is 0. The lowest BCUT2D eigenvalue weighted by atomic mass is 10.2. The van der Waals surface area contributed by atoms with Crippen LogP contribution in [0.15, 0.2) is 33.3 Å². The van der Waals surface area contributed by atoms with Crippen molar-refractivity contribution >= 4 is 42.8 Å². The third-order valence-electron chi connectivity index (χ3n) is 1.73. The van der Waals surface area contributed by atoms with E-state index in [4.69, 9.17) is 0 Å². The maximum absolute atomic E-state index is 13.1. The van der Waals surface area contributed by atoms with Gasteiger partial charge >= 0.3 is 0 Å². The highest BCUT2D eigenvalue weighted by molar-refractivity contribution is 9.11. The molecule has 2 rings (SSSR count). The van der Waals surface area contributed by atoms with E-state index < -0.39 is 0 Å². The van der Waals surface area contributed by atoms with E-state index in [1.807, 2.05) is 6.07 Å². The standard InChI is InChI=1S/C9H4Br2FN/c10-6-1-2-13-9-4-8(12)7(11)3-5(6)9/h1-4H. The molecule has 0 fully saturated rings. The molecule has 0 unspecified atom stereocenters. The quantitative estimate of drug-likeness (QED) is 0.719. The molecule has 1 aromatic heterocycles. The number of hydrogen-bond donors (Lipinski definition) is 0. The van der Waals surface area contributed by atoms with Gasteiger partial charge in [0.05, 0.1) is 9.99 Å². The van der Waals surface area contributed by atoms with Gasteiger partial charge in [-0.05, 0) is 28.1 Å². The monoisotopic (exact) mass is 303 g/mol. The van der Waals surface area contributed by atoms with Gasteiger partial charge in [0.2, 0.25) is 0 Å². The molecular weight excluding hydrogens is 301 g/mol. The predicted molar refractivity (Wildman–Crippen MR) is 57.1 cm³/mol. The number of nitrogens with zero attached hydrogens (tertiary/aromatic N) is 1. The van der Waals surface area contributed by atoms with Gasteiger partial charge < -0.3 is 0 Å². The number of aromatic nitrogens is 1. The fraction of sp³-hybridized carbons (Fsp3) is 0. The summed E-state index contributed by atoms with van der Waals surface area (Å²) in [4.78, 5) is 4.05. The van der Waals surface area contributed by atoms with Crippen molar-refractivity contribution in [3.8, 4) is 0 Å². The highest BCUT2D eigenvalue weighted by Gasteiger charge is 2.04. The first-order valence-electron chi connectivity index (χ1n) is 3.58. The van der Waals surface area contributed by atoms with Crippen molar-refractivity contribution in [1.82, 2.24) is 4.98 Å². The summed E-state index contributed by atoms with van der Waals surface area (Å²) in [6.07, 6.45) is 1.64. The van der Waals surface area contributed by atoms with Gasteiger partial charge in [-0.1, -0.05) is 15.9 Å². The molecule has 0 N–H and O–H groups in total. The second-order valence-electron chi connectivity index (χ2n) is 2.58. The van der Waals surface area contributed by atoms with Crippen LogP contribution in [0.2, 0.25) is 0 Å². The molecule has 0 bridgehead atoms. The Hall–Kier alpha value is -0.480. The summed E-state index contributed by atoms with van der Waals surface area (Å²) in [5.41, 5.74) is 0.648. The van der Waals surface area contributed by atoms with Gasteiger partial charge in [-0.15, -0.1) is 0 Å². The normalized spacial score (nSPS) is 10.7. The van der Waals surface area contributed by atoms with E-state index in [9.17, 15) is 4.39 Å². The Labute approximate surface area is 91.2 Å². The average Bonchev–Trinajstić information content (AvgIpc) is 2.09. The lowest BCUT2D eigenvalue weighted by Gasteiger charge is -2.00. The van der Waals surface area contributed by atoms with Gasteiger partial charge in [-0.3, -0.25) is 4.98 Å². The molecule has 0 radical (unpaired) electrons. The topological polar surface area (TPSA) is 12.9 Å². The van der Waals surface area contributed by atoms with E-state index >= 15 is 0 Å². The number of benzene rings is 1. The first-order chi connectivity index (χ1) is 6.18. The molecule has 0 atom stereocenters. The Bertz CT molecular complexity index is 470. The second-order valence-corrected chi connectivity index (χ2v) is 4.28. The molecule has 13 heavy (non-hydrogen) atoms. The first-order valence-corrected chi connectivity index (χ1v) is 5.16. The Morgan fingerprint density at radius 1 is 1.15 bits per heavy atom. The average molecular weight is 305 g/mol. The summed E-state index contributed by atoms with van der Waals surface area (Å²) < 4.78 is 14.4. The predicted octanol–water partition coefficient (Wildman–Crippen LogP) is 3.90. The summed E-state index contributed by atoms with van der Waals surface area (Å²) in [6.45, 7) is 0. The third kappa shape index (κ3) is 1.60. The smallest absolute Gasteiger partial charge is 0.139 e. The highest BCUT2D eigenvalue weighted by atomic mass is 79.9. The van der Waals surface area contributed by atoms with E-state index in [1.54, 1.807) is 12.3 Å². The minimum Gasteiger partial charge on any atom is -0.256 e. The lowest BCUT2D eigenvalue weighted by Crippen LogP contribution is -1.83. The molecule has 0 aliphatic carbocycles. The van der Waals surface area contributed by atoms with Crippen molar-refractivity contribution in [3.63, 3.8) is 0 Å². The molecule has 1 nitrogen and oxygen atoms in total. The molecule has 0 amide bonds. The maximum atomic E-state index is 13.1. The minimum atomic E-state index is -0.293. The van der Waals surface area contributed by atoms with Crippen LogP contribution in [0.4, 0.5) is 4.39 Å². The van der Waals surface area contributed by atoms with Crippen LogP contribution in [-0.4, -0.2) is 4.98 Å². The van der Waals surface area contributed by atoms with E-state index in [-0.39, 0.29) is 5.82 Å². The van der Waals surface area contributed by atoms with Crippen molar-refractivity contribution in [3.05, 3.63) is 39.2 Å². The first kappa shape index (κ1) is 9.09. The van der Waals surface area contributed by atoms with Crippen LogP contribution < -0.4 is 0 Å². The molecular formula is C9H4Br2FN. The molecule has 0 saturated heterocycles. The summed E-state index contributed by atoms with van der Waals surface area (Å²) >= 11 is 6.50. The largest absolute Gasteiger partial charge is 0.256 e. The zero-order chi connectivity index (χ0) is 9.42. The van der Waals surface area contributed by atoms with Gasteiger partial charge in [0.1, 0.15) is 5.82 Å². The fourth-order valence-electron chi connectivity index (χ4n) is 1.11. The maximum Gasteiger partial charge on any atom is 0.139 e. The van der Waals surface area contributed by atoms with Crippen LogP contribution >= 0.6 is 31.9 Å². The minimum absolute atomic E-state index is 0.293. The number of halogens is 3. The number of hydrogen-bond acceptors (Lipinski definition) is 1. The second kappa shape index (κ2) is 3.35. The SMILES string of the molecule is Fc1cc2nccc(Br)c2cc1Br. The zero-order valence-corrected chi connectivity index (χ0v) is 9.56. The summed E-state index contributed by atoms with van der Waals surface area (Å²) in [5.74, 6) is -0.293. The van der Waals surface area contributed by atoms with E-state index in [0.29, 0.717) is 9.99 Å². The van der Waals surface area contributed by atoms with Gasteiger partial charge in [-0.25, -0.2) is 4.39 Å². The van der Waals surface area contributed by atoms with E-state index in [1.165, 1.54) is 6.07 Å². The van der Waals surface area contributed by atoms with Crippen LogP contribution in [0, 0.1) is 5.82 Å². The van der Waals surface area contributed by atoms with Crippen LogP contribution in [0.5, 0.6) is 0 Å². The fourth-order valence-corrected chi connectivity index (χ4v) is 1.89. The Balaban J connectivity index is 2.89. The van der Waals surface area contributed by atoms with Gasteiger partial charge in [0.25, 0.3) is 0 Å². The van der Waals surface area contributed by atoms with Crippen LogP contribution in [0.1, 0.15) is 0 Å². The summed E-state index contributed by atoms with van der Waals surface area (Å²) in [6, 6.07) is 4.94. The van der Waals surface area contributed by atoms with Gasteiger partial charge in [0.15, 0.2) is 0 Å². The molecule has 0 spiro atoms. The van der Waals surface area contributed by atoms with E-state index in [2.05, 4.69) is 36.8 Å². The molecule has 4 heteroatoms. The number of pyridine rings is 1. The molecule has 0 aliphatic rings. The van der Waals surface area contributed by atoms with Crippen LogP contribution in [0.3, 0.4) is 0 Å². The third-order valence-corrected chi connectivity index (χ3v) is 3.03. The Kier molecular flexibility index (Phi) is 2.34. The van der Waals surface area contributed by atoms with Gasteiger partial charge in [-0.2, -0.15) is 0 Å². The van der Waals surface area contributed by atoms with Crippen LogP contribution in [-0.2, 0) is 0 Å². The molecule has 66 valence electrons. The molecule has 2 aromatic rings. The van der Waals surface area contributed by atoms with Gasteiger partial charge in [0, 0.05) is 22.1 Å². The van der Waals surface area contributed by atoms with Crippen LogP contribution in [0.25, 0.3) is 10.9 Å². The van der Waals surface area contributed by atoms with Crippen molar-refractivity contribution in [2.45, 2.75) is 0 Å².